The molecule has 0 amide bonds. The largest absolute Gasteiger partial charge is 0.379 e. The van der Waals surface area contributed by atoms with Gasteiger partial charge < -0.3 is 20.1 Å². The van der Waals surface area contributed by atoms with Crippen LogP contribution in [0.2, 0.25) is 0 Å². The lowest BCUT2D eigenvalue weighted by Gasteiger charge is -2.13. The second kappa shape index (κ2) is 13.2. The van der Waals surface area contributed by atoms with E-state index in [4.69, 9.17) is 9.47 Å². The number of nitrogens with one attached hydrogen (secondary N) is 2. The fourth-order valence-corrected chi connectivity index (χ4v) is 3.62. The van der Waals surface area contributed by atoms with Gasteiger partial charge in [-0.25, -0.2) is 9.48 Å². The first-order valence-electron chi connectivity index (χ1n) is 10.6. The number of aryl methyl sites for hydroxylation is 2. The Kier molecular flexibility index (Phi) is 11.0. The molecule has 1 fully saturated rings. The van der Waals surface area contributed by atoms with E-state index in [1.165, 1.54) is 0 Å². The maximum Gasteiger partial charge on any atom is 0.345 e. The molecule has 1 unspecified atom stereocenters. The quantitative estimate of drug-likeness (QED) is 0.207. The highest BCUT2D eigenvalue weighted by Crippen LogP contribution is 2.12. The normalized spacial score (nSPS) is 18.9. The molecule has 3 rings (SSSR count). The van der Waals surface area contributed by atoms with Gasteiger partial charge in [-0.3, -0.25) is 9.56 Å². The van der Waals surface area contributed by atoms with Crippen LogP contribution in [0.4, 0.5) is 0 Å². The highest BCUT2D eigenvalue weighted by Gasteiger charge is 2.16. The molecule has 1 aromatic heterocycles. The van der Waals surface area contributed by atoms with Crippen LogP contribution in [0.25, 0.3) is 0 Å². The van der Waals surface area contributed by atoms with Crippen LogP contribution in [0.1, 0.15) is 44.3 Å². The van der Waals surface area contributed by atoms with Crippen molar-refractivity contribution in [2.75, 3.05) is 40.0 Å². The molecule has 1 atom stereocenters. The van der Waals surface area contributed by atoms with Crippen molar-refractivity contribution >= 4 is 29.9 Å². The van der Waals surface area contributed by atoms with Gasteiger partial charge in [-0.05, 0) is 38.5 Å². The summed E-state index contributed by atoms with van der Waals surface area (Å²) >= 11 is 0. The Balaban J connectivity index is 0.00000300. The Morgan fingerprint density at radius 3 is 2.83 bits per heavy atom. The summed E-state index contributed by atoms with van der Waals surface area (Å²) in [5.74, 6) is 1.71. The molecule has 10 heteroatoms. The van der Waals surface area contributed by atoms with E-state index in [0.29, 0.717) is 13.2 Å². The Morgan fingerprint density at radius 1 is 1.28 bits per heavy atom. The van der Waals surface area contributed by atoms with Crippen LogP contribution in [0.3, 0.4) is 0 Å². The topological polar surface area (TPSA) is 94.7 Å². The minimum atomic E-state index is 0. The number of ether oxygens (including phenoxy) is 2. The predicted octanol–water partition coefficient (Wildman–Crippen LogP) is 1.14. The van der Waals surface area contributed by atoms with Gasteiger partial charge >= 0.3 is 5.69 Å². The molecule has 1 saturated heterocycles. The Morgan fingerprint density at radius 2 is 2.10 bits per heavy atom. The Hall–Kier alpha value is -1.14. The standard InChI is InChI=1S/C19H34N6O3.HI/c1-20-18(22-10-6-13-27-15-16-7-4-14-28-16)21-9-5-12-25-19(26)24-11-3-2-8-17(24)23-25;/h16H,2-15H2,1H3,(H2,20,21,22);1H. The van der Waals surface area contributed by atoms with Crippen molar-refractivity contribution in [3.63, 3.8) is 0 Å². The number of hydrogen-bond donors (Lipinski definition) is 2. The number of aliphatic imine (C=N–C) groups is 1. The fraction of sp³-hybridized carbons (Fsp3) is 0.842. The number of rotatable bonds is 10. The lowest BCUT2D eigenvalue weighted by Crippen LogP contribution is -2.39. The molecule has 0 spiro atoms. The van der Waals surface area contributed by atoms with Gasteiger partial charge in [0.25, 0.3) is 0 Å². The van der Waals surface area contributed by atoms with Crippen LogP contribution in [0.15, 0.2) is 9.79 Å². The molecule has 0 bridgehead atoms. The smallest absolute Gasteiger partial charge is 0.345 e. The third kappa shape index (κ3) is 7.56. The second-order valence-corrected chi connectivity index (χ2v) is 7.37. The first kappa shape index (κ1) is 24.1. The van der Waals surface area contributed by atoms with E-state index in [-0.39, 0.29) is 35.8 Å². The second-order valence-electron chi connectivity index (χ2n) is 7.37. The van der Waals surface area contributed by atoms with E-state index in [1.54, 1.807) is 11.7 Å². The van der Waals surface area contributed by atoms with Gasteiger partial charge in [0.1, 0.15) is 5.82 Å². The molecule has 9 nitrogen and oxygen atoms in total. The molecule has 0 saturated carbocycles. The predicted molar refractivity (Wildman–Crippen MR) is 123 cm³/mol. The van der Waals surface area contributed by atoms with Crippen LogP contribution >= 0.6 is 24.0 Å². The summed E-state index contributed by atoms with van der Waals surface area (Å²) in [6.07, 6.45) is 7.40. The van der Waals surface area contributed by atoms with E-state index in [9.17, 15) is 4.79 Å². The average molecular weight is 522 g/mol. The monoisotopic (exact) mass is 522 g/mol. The third-order valence-electron chi connectivity index (χ3n) is 5.18. The minimum absolute atomic E-state index is 0. The summed E-state index contributed by atoms with van der Waals surface area (Å²) < 4.78 is 14.6. The molecule has 0 radical (unpaired) electrons. The van der Waals surface area contributed by atoms with Gasteiger partial charge in [0, 0.05) is 52.9 Å². The van der Waals surface area contributed by atoms with Crippen LogP contribution in [-0.4, -0.2) is 66.4 Å². The Labute approximate surface area is 189 Å². The number of guanidine groups is 1. The molecule has 1 aromatic rings. The maximum atomic E-state index is 12.3. The van der Waals surface area contributed by atoms with Crippen molar-refractivity contribution in [2.24, 2.45) is 4.99 Å². The molecule has 2 aliphatic heterocycles. The molecule has 3 heterocycles. The summed E-state index contributed by atoms with van der Waals surface area (Å²) in [6, 6.07) is 0. The van der Waals surface area contributed by atoms with Crippen molar-refractivity contribution in [3.05, 3.63) is 16.3 Å². The number of aromatic nitrogens is 3. The highest BCUT2D eigenvalue weighted by atomic mass is 127. The van der Waals surface area contributed by atoms with Crippen molar-refractivity contribution in [1.29, 1.82) is 0 Å². The lowest BCUT2D eigenvalue weighted by molar-refractivity contribution is 0.0168. The van der Waals surface area contributed by atoms with E-state index in [1.807, 2.05) is 4.57 Å². The molecule has 29 heavy (non-hydrogen) atoms. The van der Waals surface area contributed by atoms with Crippen LogP contribution in [-0.2, 0) is 29.0 Å². The van der Waals surface area contributed by atoms with Crippen LogP contribution in [0.5, 0.6) is 0 Å². The number of halogens is 1. The summed E-state index contributed by atoms with van der Waals surface area (Å²) in [5.41, 5.74) is 0.0280. The van der Waals surface area contributed by atoms with Crippen molar-refractivity contribution in [1.82, 2.24) is 25.0 Å². The van der Waals surface area contributed by atoms with Gasteiger partial charge in [0.2, 0.25) is 0 Å². The number of nitrogens with zero attached hydrogens (tertiary/aromatic N) is 4. The molecule has 166 valence electrons. The fourth-order valence-electron chi connectivity index (χ4n) is 3.62. The lowest BCUT2D eigenvalue weighted by atomic mass is 10.2. The SMILES string of the molecule is CN=C(NCCCOCC1CCCO1)NCCCn1nc2n(c1=O)CCCC2.I. The molecule has 2 aliphatic rings. The molecular weight excluding hydrogens is 487 g/mol. The van der Waals surface area contributed by atoms with Gasteiger partial charge in [-0.15, -0.1) is 24.0 Å². The first-order chi connectivity index (χ1) is 13.8. The maximum absolute atomic E-state index is 12.3. The molecule has 0 aromatic carbocycles. The molecular formula is C19H35IN6O3. The molecule has 0 aliphatic carbocycles. The number of fused-ring (bicyclic) bond motifs is 1. The van der Waals surface area contributed by atoms with E-state index in [0.717, 1.165) is 89.6 Å². The zero-order chi connectivity index (χ0) is 19.6. The van der Waals surface area contributed by atoms with Gasteiger partial charge in [0.05, 0.1) is 12.7 Å². The van der Waals surface area contributed by atoms with E-state index in [2.05, 4.69) is 20.7 Å². The zero-order valence-electron chi connectivity index (χ0n) is 17.4. The van der Waals surface area contributed by atoms with Crippen molar-refractivity contribution in [3.8, 4) is 0 Å². The summed E-state index contributed by atoms with van der Waals surface area (Å²) in [7, 11) is 1.76. The minimum Gasteiger partial charge on any atom is -0.379 e. The Bertz CT molecular complexity index is 684. The van der Waals surface area contributed by atoms with E-state index < -0.39 is 0 Å². The highest BCUT2D eigenvalue weighted by molar-refractivity contribution is 14.0. The van der Waals surface area contributed by atoms with E-state index >= 15 is 0 Å². The van der Waals surface area contributed by atoms with Gasteiger partial charge in [0.15, 0.2) is 5.96 Å². The summed E-state index contributed by atoms with van der Waals surface area (Å²) in [6.45, 7) is 5.26. The van der Waals surface area contributed by atoms with Crippen molar-refractivity contribution < 1.29 is 9.47 Å². The zero-order valence-corrected chi connectivity index (χ0v) is 19.7. The third-order valence-corrected chi connectivity index (χ3v) is 5.18. The van der Waals surface area contributed by atoms with Crippen molar-refractivity contribution in [2.45, 2.75) is 64.1 Å². The molecule has 2 N–H and O–H groups in total. The van der Waals surface area contributed by atoms with Crippen LogP contribution < -0.4 is 16.3 Å². The number of hydrogen-bond acceptors (Lipinski definition) is 5. The summed E-state index contributed by atoms with van der Waals surface area (Å²) in [4.78, 5) is 16.5. The average Bonchev–Trinajstić information content (AvgIpc) is 3.34. The van der Waals surface area contributed by atoms with Crippen LogP contribution in [0, 0.1) is 0 Å². The first-order valence-corrected chi connectivity index (χ1v) is 10.6. The van der Waals surface area contributed by atoms with Gasteiger partial charge in [-0.1, -0.05) is 0 Å². The summed E-state index contributed by atoms with van der Waals surface area (Å²) in [5, 5.41) is 11.0. The van der Waals surface area contributed by atoms with Gasteiger partial charge in [-0.2, -0.15) is 5.10 Å².